The Hall–Kier alpha value is -0.300. The van der Waals surface area contributed by atoms with Gasteiger partial charge in [0.1, 0.15) is 0 Å². The molecule has 0 spiro atoms. The number of nitrogens with one attached hydrogen (secondary N) is 1. The summed E-state index contributed by atoms with van der Waals surface area (Å²) >= 11 is 0. The molecule has 0 amide bonds. The highest BCUT2D eigenvalue weighted by atomic mass is 14.9. The fraction of sp³-hybridized carbons (Fsp3) is 0.882. The third kappa shape index (κ3) is 1.86. The molecular weight excluding hydrogens is 218 g/mol. The topological polar surface area (TPSA) is 12.0 Å². The molecule has 100 valence electrons. The van der Waals surface area contributed by atoms with E-state index >= 15 is 0 Å². The second-order valence-corrected chi connectivity index (χ2v) is 7.32. The van der Waals surface area contributed by atoms with Crippen LogP contribution in [0.15, 0.2) is 12.2 Å². The second kappa shape index (κ2) is 4.67. The Morgan fingerprint density at radius 1 is 0.944 bits per heavy atom. The highest BCUT2D eigenvalue weighted by molar-refractivity contribution is 5.05. The first kappa shape index (κ1) is 11.5. The first-order chi connectivity index (χ1) is 8.92. The standard InChI is InChI=1S/C17H27N/c1-2-5-12(6-3-1)11-18-17-10-13-9-16(17)15-8-4-7-14(13)15/h1-2,12-18H,3-11H2. The lowest BCUT2D eigenvalue weighted by Gasteiger charge is -2.33. The predicted octanol–water partition coefficient (Wildman–Crippen LogP) is 3.76. The number of fused-ring (bicyclic) bond motifs is 5. The Balaban J connectivity index is 1.33. The SMILES string of the molecule is C1=CCC(CNC2CC3CC2C2CCCC32)CC1. The average molecular weight is 245 g/mol. The third-order valence-electron chi connectivity index (χ3n) is 6.48. The van der Waals surface area contributed by atoms with Gasteiger partial charge in [-0.05, 0) is 81.1 Å². The zero-order valence-corrected chi connectivity index (χ0v) is 11.5. The van der Waals surface area contributed by atoms with E-state index < -0.39 is 0 Å². The lowest BCUT2D eigenvalue weighted by molar-refractivity contribution is 0.202. The fourth-order valence-corrected chi connectivity index (χ4v) is 5.66. The second-order valence-electron chi connectivity index (χ2n) is 7.32. The molecule has 0 saturated heterocycles. The van der Waals surface area contributed by atoms with E-state index in [9.17, 15) is 0 Å². The summed E-state index contributed by atoms with van der Waals surface area (Å²) in [5.74, 6) is 5.35. The van der Waals surface area contributed by atoms with Gasteiger partial charge < -0.3 is 5.32 Å². The van der Waals surface area contributed by atoms with Gasteiger partial charge in [0.05, 0.1) is 0 Å². The van der Waals surface area contributed by atoms with E-state index in [0.717, 1.165) is 35.6 Å². The Bertz CT molecular complexity index is 335. The molecule has 0 aromatic carbocycles. The van der Waals surface area contributed by atoms with Crippen LogP contribution in [0.25, 0.3) is 0 Å². The number of hydrogen-bond donors (Lipinski definition) is 1. The monoisotopic (exact) mass is 245 g/mol. The van der Waals surface area contributed by atoms with Crippen molar-refractivity contribution in [3.05, 3.63) is 12.2 Å². The lowest BCUT2D eigenvalue weighted by atomic mass is 9.79. The summed E-state index contributed by atoms with van der Waals surface area (Å²) in [6, 6.07) is 0.889. The minimum atomic E-state index is 0.889. The Labute approximate surface area is 111 Å². The number of rotatable bonds is 3. The molecule has 4 aliphatic rings. The third-order valence-corrected chi connectivity index (χ3v) is 6.48. The van der Waals surface area contributed by atoms with Crippen molar-refractivity contribution in [1.82, 2.24) is 5.32 Å². The summed E-state index contributed by atoms with van der Waals surface area (Å²) in [5, 5.41) is 3.96. The van der Waals surface area contributed by atoms with Crippen molar-refractivity contribution >= 4 is 0 Å². The zero-order valence-electron chi connectivity index (χ0n) is 11.5. The van der Waals surface area contributed by atoms with E-state index in [-0.39, 0.29) is 0 Å². The molecule has 0 aromatic heterocycles. The van der Waals surface area contributed by atoms with Crippen LogP contribution in [0.3, 0.4) is 0 Å². The number of allylic oxidation sites excluding steroid dienone is 2. The van der Waals surface area contributed by atoms with Crippen LogP contribution in [0.2, 0.25) is 0 Å². The van der Waals surface area contributed by atoms with Crippen LogP contribution in [0.4, 0.5) is 0 Å². The summed E-state index contributed by atoms with van der Waals surface area (Å²) in [4.78, 5) is 0. The van der Waals surface area contributed by atoms with Crippen molar-refractivity contribution in [2.75, 3.05) is 6.54 Å². The Morgan fingerprint density at radius 3 is 2.78 bits per heavy atom. The van der Waals surface area contributed by atoms with Crippen LogP contribution in [0.1, 0.15) is 51.4 Å². The molecule has 1 heteroatoms. The van der Waals surface area contributed by atoms with Gasteiger partial charge in [0.15, 0.2) is 0 Å². The summed E-state index contributed by atoms with van der Waals surface area (Å²) < 4.78 is 0. The first-order valence-corrected chi connectivity index (χ1v) is 8.30. The maximum atomic E-state index is 3.96. The molecule has 6 atom stereocenters. The van der Waals surface area contributed by atoms with Crippen molar-refractivity contribution in [2.24, 2.45) is 29.6 Å². The maximum Gasteiger partial charge on any atom is 0.0101 e. The molecule has 0 aromatic rings. The van der Waals surface area contributed by atoms with Crippen molar-refractivity contribution in [2.45, 2.75) is 57.4 Å². The van der Waals surface area contributed by atoms with Gasteiger partial charge in [-0.3, -0.25) is 0 Å². The normalized spacial score (nSPS) is 49.8. The van der Waals surface area contributed by atoms with Crippen molar-refractivity contribution in [1.29, 1.82) is 0 Å². The van der Waals surface area contributed by atoms with Crippen LogP contribution < -0.4 is 5.32 Å². The van der Waals surface area contributed by atoms with E-state index in [1.54, 1.807) is 19.3 Å². The van der Waals surface area contributed by atoms with Gasteiger partial charge in [-0.25, -0.2) is 0 Å². The predicted molar refractivity (Wildman–Crippen MR) is 75.3 cm³/mol. The molecule has 18 heavy (non-hydrogen) atoms. The van der Waals surface area contributed by atoms with Gasteiger partial charge in [0, 0.05) is 6.04 Å². The van der Waals surface area contributed by atoms with Gasteiger partial charge in [-0.1, -0.05) is 18.6 Å². The Morgan fingerprint density at radius 2 is 1.89 bits per heavy atom. The highest BCUT2D eigenvalue weighted by Crippen LogP contribution is 2.58. The quantitative estimate of drug-likeness (QED) is 0.747. The molecule has 4 rings (SSSR count). The molecule has 0 aliphatic heterocycles. The fourth-order valence-electron chi connectivity index (χ4n) is 5.66. The van der Waals surface area contributed by atoms with Gasteiger partial charge in [-0.2, -0.15) is 0 Å². The first-order valence-electron chi connectivity index (χ1n) is 8.30. The molecule has 3 fully saturated rings. The van der Waals surface area contributed by atoms with Crippen LogP contribution in [-0.2, 0) is 0 Å². The minimum Gasteiger partial charge on any atom is -0.313 e. The minimum absolute atomic E-state index is 0.889. The molecule has 6 unspecified atom stereocenters. The van der Waals surface area contributed by atoms with E-state index in [0.29, 0.717) is 0 Å². The summed E-state index contributed by atoms with van der Waals surface area (Å²) in [6.45, 7) is 1.29. The van der Waals surface area contributed by atoms with E-state index in [1.807, 2.05) is 0 Å². The highest BCUT2D eigenvalue weighted by Gasteiger charge is 2.53. The van der Waals surface area contributed by atoms with Crippen LogP contribution in [0, 0.1) is 29.6 Å². The van der Waals surface area contributed by atoms with E-state index in [1.165, 1.54) is 38.6 Å². The summed E-state index contributed by atoms with van der Waals surface area (Å²) in [5.41, 5.74) is 0. The lowest BCUT2D eigenvalue weighted by Crippen LogP contribution is -2.41. The zero-order chi connectivity index (χ0) is 11.9. The van der Waals surface area contributed by atoms with Crippen LogP contribution >= 0.6 is 0 Å². The molecule has 4 aliphatic carbocycles. The molecular formula is C17H27N. The summed E-state index contributed by atoms with van der Waals surface area (Å²) in [7, 11) is 0. The van der Waals surface area contributed by atoms with Gasteiger partial charge in [0.2, 0.25) is 0 Å². The van der Waals surface area contributed by atoms with Crippen LogP contribution in [0.5, 0.6) is 0 Å². The summed E-state index contributed by atoms with van der Waals surface area (Å²) in [6.07, 6.45) is 16.5. The van der Waals surface area contributed by atoms with Gasteiger partial charge in [0.25, 0.3) is 0 Å². The molecule has 2 bridgehead atoms. The van der Waals surface area contributed by atoms with Crippen molar-refractivity contribution in [3.8, 4) is 0 Å². The largest absolute Gasteiger partial charge is 0.313 e. The molecule has 3 saturated carbocycles. The van der Waals surface area contributed by atoms with E-state index in [4.69, 9.17) is 0 Å². The average Bonchev–Trinajstić information content (AvgIpc) is 3.09. The molecule has 0 radical (unpaired) electrons. The van der Waals surface area contributed by atoms with Crippen LogP contribution in [-0.4, -0.2) is 12.6 Å². The van der Waals surface area contributed by atoms with E-state index in [2.05, 4.69) is 17.5 Å². The van der Waals surface area contributed by atoms with Crippen molar-refractivity contribution in [3.63, 3.8) is 0 Å². The van der Waals surface area contributed by atoms with Gasteiger partial charge >= 0.3 is 0 Å². The smallest absolute Gasteiger partial charge is 0.0101 e. The molecule has 1 nitrogen and oxygen atoms in total. The molecule has 1 N–H and O–H groups in total. The molecule has 0 heterocycles. The Kier molecular flexibility index (Phi) is 2.99. The maximum absolute atomic E-state index is 3.96. The number of hydrogen-bond acceptors (Lipinski definition) is 1. The van der Waals surface area contributed by atoms with Gasteiger partial charge in [-0.15, -0.1) is 0 Å². The van der Waals surface area contributed by atoms with Crippen molar-refractivity contribution < 1.29 is 0 Å².